The third-order valence-corrected chi connectivity index (χ3v) is 4.28. The number of thioether (sulfide) groups is 1. The summed E-state index contributed by atoms with van der Waals surface area (Å²) in [4.78, 5) is 4.28. The van der Waals surface area contributed by atoms with Crippen LogP contribution in [0.1, 0.15) is 25.3 Å². The molecule has 0 unspecified atom stereocenters. The molecule has 1 aromatic heterocycles. The molecule has 0 aliphatic carbocycles. The molecule has 0 saturated carbocycles. The van der Waals surface area contributed by atoms with Gasteiger partial charge in [-0.15, -0.1) is 0 Å². The molecule has 2 heterocycles. The molecule has 0 bridgehead atoms. The van der Waals surface area contributed by atoms with Gasteiger partial charge in [-0.1, -0.05) is 0 Å². The molecule has 0 spiro atoms. The van der Waals surface area contributed by atoms with Crippen LogP contribution in [0.3, 0.4) is 0 Å². The maximum atomic E-state index is 5.37. The predicted molar refractivity (Wildman–Crippen MR) is 73.5 cm³/mol. The largest absolute Gasteiger partial charge is 0.381 e. The lowest BCUT2D eigenvalue weighted by molar-refractivity contribution is 0.1000. The zero-order valence-corrected chi connectivity index (χ0v) is 11.1. The molecule has 3 nitrogen and oxygen atoms in total. The van der Waals surface area contributed by atoms with E-state index in [1.807, 2.05) is 18.0 Å². The molecule has 1 aliphatic rings. The fourth-order valence-electron chi connectivity index (χ4n) is 1.90. The molecule has 0 radical (unpaired) electrons. The molecular weight excluding hydrogens is 232 g/mol. The van der Waals surface area contributed by atoms with Crippen LogP contribution in [0.2, 0.25) is 0 Å². The molecule has 1 aromatic rings. The summed E-state index contributed by atoms with van der Waals surface area (Å²) < 4.78 is 5.37. The van der Waals surface area contributed by atoms with Gasteiger partial charge in [0.25, 0.3) is 0 Å². The molecule has 94 valence electrons. The van der Waals surface area contributed by atoms with Gasteiger partial charge in [0.2, 0.25) is 0 Å². The summed E-state index contributed by atoms with van der Waals surface area (Å²) in [5, 5.41) is 4.01. The molecule has 1 N–H and O–H groups in total. The fourth-order valence-corrected chi connectivity index (χ4v) is 3.03. The number of pyridine rings is 1. The number of rotatable bonds is 5. The van der Waals surface area contributed by atoms with E-state index in [4.69, 9.17) is 4.74 Å². The molecule has 1 saturated heterocycles. The van der Waals surface area contributed by atoms with Gasteiger partial charge in [-0.2, -0.15) is 11.8 Å². The highest BCUT2D eigenvalue weighted by Gasteiger charge is 2.13. The predicted octanol–water partition coefficient (Wildman–Crippen LogP) is 2.93. The van der Waals surface area contributed by atoms with Crippen LogP contribution in [-0.2, 0) is 10.5 Å². The van der Waals surface area contributed by atoms with Crippen LogP contribution in [-0.4, -0.2) is 30.0 Å². The number of ether oxygens (including phenoxy) is 1. The Morgan fingerprint density at radius 1 is 1.47 bits per heavy atom. The average Bonchev–Trinajstić information content (AvgIpc) is 2.39. The summed E-state index contributed by atoms with van der Waals surface area (Å²) >= 11 is 2.04. The van der Waals surface area contributed by atoms with Crippen molar-refractivity contribution in [2.24, 2.45) is 0 Å². The Bertz CT molecular complexity index is 340. The first-order valence-corrected chi connectivity index (χ1v) is 7.31. The van der Waals surface area contributed by atoms with Crippen LogP contribution in [0.4, 0.5) is 5.82 Å². The summed E-state index contributed by atoms with van der Waals surface area (Å²) in [6.07, 6.45) is 4.27. The Hall–Kier alpha value is -0.740. The van der Waals surface area contributed by atoms with Crippen molar-refractivity contribution >= 4 is 17.6 Å². The Balaban J connectivity index is 1.83. The van der Waals surface area contributed by atoms with E-state index in [2.05, 4.69) is 29.4 Å². The van der Waals surface area contributed by atoms with Crippen LogP contribution < -0.4 is 5.32 Å². The van der Waals surface area contributed by atoms with Crippen molar-refractivity contribution in [2.45, 2.75) is 30.8 Å². The van der Waals surface area contributed by atoms with Crippen LogP contribution in [0.15, 0.2) is 18.3 Å². The summed E-state index contributed by atoms with van der Waals surface area (Å²) in [5.74, 6) is 2.06. The average molecular weight is 252 g/mol. The van der Waals surface area contributed by atoms with E-state index >= 15 is 0 Å². The highest BCUT2D eigenvalue weighted by Crippen LogP contribution is 2.25. The number of hydrogen-bond donors (Lipinski definition) is 1. The summed E-state index contributed by atoms with van der Waals surface area (Å²) in [6, 6.07) is 4.25. The molecule has 4 heteroatoms. The van der Waals surface area contributed by atoms with Crippen molar-refractivity contribution in [1.29, 1.82) is 0 Å². The van der Waals surface area contributed by atoms with Gasteiger partial charge >= 0.3 is 0 Å². The number of hydrogen-bond acceptors (Lipinski definition) is 4. The first kappa shape index (κ1) is 12.7. The normalized spacial score (nSPS) is 17.0. The van der Waals surface area contributed by atoms with Crippen LogP contribution in [0, 0.1) is 0 Å². The van der Waals surface area contributed by atoms with Gasteiger partial charge in [0.15, 0.2) is 0 Å². The van der Waals surface area contributed by atoms with Gasteiger partial charge in [0, 0.05) is 37.0 Å². The second kappa shape index (κ2) is 6.87. The zero-order valence-electron chi connectivity index (χ0n) is 10.3. The molecule has 17 heavy (non-hydrogen) atoms. The first-order valence-electron chi connectivity index (χ1n) is 6.26. The maximum Gasteiger partial charge on any atom is 0.126 e. The van der Waals surface area contributed by atoms with E-state index in [0.29, 0.717) is 0 Å². The second-order valence-electron chi connectivity index (χ2n) is 4.20. The highest BCUT2D eigenvalue weighted by molar-refractivity contribution is 7.99. The third kappa shape index (κ3) is 4.21. The SMILES string of the molecule is CCNc1cc(CSC2CCOCC2)ccn1. The number of aromatic nitrogens is 1. The van der Waals surface area contributed by atoms with Crippen molar-refractivity contribution < 1.29 is 4.74 Å². The lowest BCUT2D eigenvalue weighted by atomic mass is 10.2. The van der Waals surface area contributed by atoms with Crippen molar-refractivity contribution in [1.82, 2.24) is 4.98 Å². The van der Waals surface area contributed by atoms with E-state index < -0.39 is 0 Å². The molecular formula is C13H20N2OS. The van der Waals surface area contributed by atoms with E-state index in [0.717, 1.165) is 36.6 Å². The molecule has 1 fully saturated rings. The van der Waals surface area contributed by atoms with Gasteiger partial charge in [-0.3, -0.25) is 0 Å². The second-order valence-corrected chi connectivity index (χ2v) is 5.49. The lowest BCUT2D eigenvalue weighted by Crippen LogP contribution is -2.17. The maximum absolute atomic E-state index is 5.37. The van der Waals surface area contributed by atoms with Gasteiger partial charge in [-0.05, 0) is 37.5 Å². The Kier molecular flexibility index (Phi) is 5.13. The van der Waals surface area contributed by atoms with E-state index in [9.17, 15) is 0 Å². The monoisotopic (exact) mass is 252 g/mol. The minimum Gasteiger partial charge on any atom is -0.381 e. The van der Waals surface area contributed by atoms with Gasteiger partial charge < -0.3 is 10.1 Å². The Morgan fingerprint density at radius 2 is 2.29 bits per heavy atom. The minimum absolute atomic E-state index is 0.763. The standard InChI is InChI=1S/C13H20N2OS/c1-2-14-13-9-11(3-6-15-13)10-17-12-4-7-16-8-5-12/h3,6,9,12H,2,4-5,7-8,10H2,1H3,(H,14,15). The number of nitrogens with one attached hydrogen (secondary N) is 1. The number of anilines is 1. The third-order valence-electron chi connectivity index (χ3n) is 2.84. The quantitative estimate of drug-likeness (QED) is 0.873. The van der Waals surface area contributed by atoms with Crippen molar-refractivity contribution in [2.75, 3.05) is 25.1 Å². The Morgan fingerprint density at radius 3 is 3.06 bits per heavy atom. The van der Waals surface area contributed by atoms with Crippen molar-refractivity contribution in [3.63, 3.8) is 0 Å². The summed E-state index contributed by atoms with van der Waals surface area (Å²) in [5.41, 5.74) is 1.35. The molecule has 0 atom stereocenters. The van der Waals surface area contributed by atoms with Crippen LogP contribution in [0.5, 0.6) is 0 Å². The van der Waals surface area contributed by atoms with Crippen molar-refractivity contribution in [3.8, 4) is 0 Å². The lowest BCUT2D eigenvalue weighted by Gasteiger charge is -2.21. The first-order chi connectivity index (χ1) is 8.38. The highest BCUT2D eigenvalue weighted by atomic mass is 32.2. The Labute approximate surface area is 107 Å². The van der Waals surface area contributed by atoms with Gasteiger partial charge in [0.1, 0.15) is 5.82 Å². The summed E-state index contributed by atoms with van der Waals surface area (Å²) in [6.45, 7) is 4.86. The van der Waals surface area contributed by atoms with E-state index in [1.165, 1.54) is 18.4 Å². The fraction of sp³-hybridized carbons (Fsp3) is 0.615. The van der Waals surface area contributed by atoms with E-state index in [-0.39, 0.29) is 0 Å². The molecule has 2 rings (SSSR count). The van der Waals surface area contributed by atoms with Gasteiger partial charge in [0.05, 0.1) is 0 Å². The topological polar surface area (TPSA) is 34.1 Å². The molecule has 0 amide bonds. The van der Waals surface area contributed by atoms with E-state index in [1.54, 1.807) is 0 Å². The smallest absolute Gasteiger partial charge is 0.126 e. The molecule has 1 aliphatic heterocycles. The zero-order chi connectivity index (χ0) is 11.9. The van der Waals surface area contributed by atoms with Gasteiger partial charge in [-0.25, -0.2) is 4.98 Å². The minimum atomic E-state index is 0.763. The molecule has 0 aromatic carbocycles. The van der Waals surface area contributed by atoms with Crippen LogP contribution >= 0.6 is 11.8 Å². The van der Waals surface area contributed by atoms with Crippen LogP contribution in [0.25, 0.3) is 0 Å². The van der Waals surface area contributed by atoms with Crippen molar-refractivity contribution in [3.05, 3.63) is 23.9 Å². The number of nitrogens with zero attached hydrogens (tertiary/aromatic N) is 1. The summed E-state index contributed by atoms with van der Waals surface area (Å²) in [7, 11) is 0.